The summed E-state index contributed by atoms with van der Waals surface area (Å²) < 4.78 is 5.45. The average Bonchev–Trinajstić information content (AvgIpc) is 3.23. The van der Waals surface area contributed by atoms with E-state index < -0.39 is 0 Å². The quantitative estimate of drug-likeness (QED) is 0.869. The fourth-order valence-corrected chi connectivity index (χ4v) is 4.27. The molecule has 0 aromatic carbocycles. The van der Waals surface area contributed by atoms with Crippen molar-refractivity contribution in [1.29, 1.82) is 0 Å². The van der Waals surface area contributed by atoms with Gasteiger partial charge in [-0.1, -0.05) is 0 Å². The highest BCUT2D eigenvalue weighted by atomic mass is 32.1. The first-order chi connectivity index (χ1) is 10.7. The summed E-state index contributed by atoms with van der Waals surface area (Å²) in [6, 6.07) is 4.56. The molecule has 5 nitrogen and oxygen atoms in total. The van der Waals surface area contributed by atoms with Crippen LogP contribution in [0.15, 0.2) is 28.2 Å². The van der Waals surface area contributed by atoms with E-state index in [0.717, 1.165) is 36.0 Å². The summed E-state index contributed by atoms with van der Waals surface area (Å²) in [6.45, 7) is 4.48. The molecule has 2 aliphatic rings. The highest BCUT2D eigenvalue weighted by Gasteiger charge is 2.46. The van der Waals surface area contributed by atoms with Gasteiger partial charge in [0.05, 0.1) is 30.1 Å². The van der Waals surface area contributed by atoms with Crippen LogP contribution in [-0.4, -0.2) is 39.3 Å². The van der Waals surface area contributed by atoms with Gasteiger partial charge in [-0.25, -0.2) is 4.98 Å². The number of rotatable bonds is 4. The lowest BCUT2D eigenvalue weighted by Gasteiger charge is -2.24. The minimum Gasteiger partial charge on any atom is -0.468 e. The number of aryl methyl sites for hydroxylation is 1. The maximum atomic E-state index is 12.4. The van der Waals surface area contributed by atoms with Gasteiger partial charge in [-0.15, -0.1) is 11.3 Å². The molecule has 2 aliphatic heterocycles. The third kappa shape index (κ3) is 2.46. The van der Waals surface area contributed by atoms with Gasteiger partial charge in [-0.3, -0.25) is 9.69 Å². The van der Waals surface area contributed by atoms with Gasteiger partial charge in [-0.05, 0) is 25.5 Å². The molecule has 2 saturated heterocycles. The number of nitrogens with zero attached hydrogens (tertiary/aromatic N) is 3. The van der Waals surface area contributed by atoms with E-state index in [4.69, 9.17) is 4.42 Å². The lowest BCUT2D eigenvalue weighted by Crippen LogP contribution is -2.36. The third-order valence-corrected chi connectivity index (χ3v) is 5.49. The Morgan fingerprint density at radius 3 is 3.05 bits per heavy atom. The molecule has 2 atom stereocenters. The molecule has 1 amide bonds. The fraction of sp³-hybridized carbons (Fsp3) is 0.500. The molecule has 2 aromatic rings. The molecule has 0 radical (unpaired) electrons. The molecule has 4 rings (SSSR count). The third-order valence-electron chi connectivity index (χ3n) is 4.67. The summed E-state index contributed by atoms with van der Waals surface area (Å²) >= 11 is 1.65. The largest absolute Gasteiger partial charge is 0.468 e. The van der Waals surface area contributed by atoms with Crippen LogP contribution >= 0.6 is 11.3 Å². The van der Waals surface area contributed by atoms with Crippen LogP contribution in [-0.2, 0) is 17.9 Å². The molecule has 116 valence electrons. The smallest absolute Gasteiger partial charge is 0.224 e. The van der Waals surface area contributed by atoms with Gasteiger partial charge in [0.25, 0.3) is 0 Å². The Morgan fingerprint density at radius 2 is 2.32 bits per heavy atom. The van der Waals surface area contributed by atoms with Crippen molar-refractivity contribution in [2.24, 2.45) is 0 Å². The fourth-order valence-electron chi connectivity index (χ4n) is 3.67. The molecule has 0 aliphatic carbocycles. The van der Waals surface area contributed by atoms with Crippen LogP contribution in [0.25, 0.3) is 0 Å². The molecular weight excluding hydrogens is 298 g/mol. The van der Waals surface area contributed by atoms with Crippen molar-refractivity contribution in [2.45, 2.75) is 44.9 Å². The SMILES string of the molecule is Cc1nc(CN2C(=O)C[C@@H]3[C@@H]2CCN3Cc2ccco2)cs1. The number of aromatic nitrogens is 1. The second-order valence-corrected chi connectivity index (χ2v) is 7.12. The van der Waals surface area contributed by atoms with Crippen LogP contribution in [0.5, 0.6) is 0 Å². The zero-order valence-electron chi connectivity index (χ0n) is 12.6. The number of carbonyl (C=O) groups is 1. The molecule has 2 aromatic heterocycles. The van der Waals surface area contributed by atoms with Crippen molar-refractivity contribution in [1.82, 2.24) is 14.8 Å². The summed E-state index contributed by atoms with van der Waals surface area (Å²) in [6.07, 6.45) is 3.37. The molecule has 4 heterocycles. The summed E-state index contributed by atoms with van der Waals surface area (Å²) in [7, 11) is 0. The van der Waals surface area contributed by atoms with E-state index in [2.05, 4.69) is 15.3 Å². The Balaban J connectivity index is 1.47. The molecular formula is C16H19N3O2S. The second kappa shape index (κ2) is 5.52. The average molecular weight is 317 g/mol. The van der Waals surface area contributed by atoms with Crippen molar-refractivity contribution < 1.29 is 9.21 Å². The first kappa shape index (κ1) is 14.0. The predicted octanol–water partition coefficient (Wildman–Crippen LogP) is 2.42. The highest BCUT2D eigenvalue weighted by molar-refractivity contribution is 7.09. The number of hydrogen-bond acceptors (Lipinski definition) is 5. The van der Waals surface area contributed by atoms with Gasteiger partial charge < -0.3 is 9.32 Å². The van der Waals surface area contributed by atoms with Gasteiger partial charge in [0.1, 0.15) is 5.76 Å². The summed E-state index contributed by atoms with van der Waals surface area (Å²) in [4.78, 5) is 21.3. The Morgan fingerprint density at radius 1 is 1.41 bits per heavy atom. The monoisotopic (exact) mass is 317 g/mol. The number of fused-ring (bicyclic) bond motifs is 1. The van der Waals surface area contributed by atoms with E-state index in [9.17, 15) is 4.79 Å². The minimum atomic E-state index is 0.254. The summed E-state index contributed by atoms with van der Waals surface area (Å²) in [5, 5.41) is 3.12. The molecule has 0 N–H and O–H groups in total. The second-order valence-electron chi connectivity index (χ2n) is 6.06. The lowest BCUT2D eigenvalue weighted by atomic mass is 10.1. The molecule has 0 spiro atoms. The van der Waals surface area contributed by atoms with E-state index in [1.807, 2.05) is 24.0 Å². The lowest BCUT2D eigenvalue weighted by molar-refractivity contribution is -0.129. The van der Waals surface area contributed by atoms with Crippen LogP contribution in [0, 0.1) is 6.92 Å². The molecule has 0 bridgehead atoms. The van der Waals surface area contributed by atoms with Gasteiger partial charge in [-0.2, -0.15) is 0 Å². The van der Waals surface area contributed by atoms with E-state index in [0.29, 0.717) is 25.0 Å². The zero-order valence-corrected chi connectivity index (χ0v) is 13.4. The first-order valence-corrected chi connectivity index (χ1v) is 8.55. The Bertz CT molecular complexity index is 667. The van der Waals surface area contributed by atoms with Crippen molar-refractivity contribution in [3.05, 3.63) is 40.2 Å². The predicted molar refractivity (Wildman–Crippen MR) is 83.3 cm³/mol. The van der Waals surface area contributed by atoms with Gasteiger partial charge >= 0.3 is 0 Å². The number of likely N-dealkylation sites (tertiary alicyclic amines) is 2. The van der Waals surface area contributed by atoms with Crippen molar-refractivity contribution in [3.8, 4) is 0 Å². The molecule has 2 fully saturated rings. The number of carbonyl (C=O) groups excluding carboxylic acids is 1. The van der Waals surface area contributed by atoms with Crippen LogP contribution in [0.4, 0.5) is 0 Å². The first-order valence-electron chi connectivity index (χ1n) is 7.67. The molecule has 6 heteroatoms. The van der Waals surface area contributed by atoms with Crippen LogP contribution in [0.3, 0.4) is 0 Å². The van der Waals surface area contributed by atoms with Gasteiger partial charge in [0, 0.05) is 30.4 Å². The zero-order chi connectivity index (χ0) is 15.1. The van der Waals surface area contributed by atoms with Crippen molar-refractivity contribution in [2.75, 3.05) is 6.54 Å². The van der Waals surface area contributed by atoms with Gasteiger partial charge in [0.2, 0.25) is 5.91 Å². The van der Waals surface area contributed by atoms with E-state index in [-0.39, 0.29) is 5.91 Å². The molecule has 0 saturated carbocycles. The Hall–Kier alpha value is -1.66. The summed E-state index contributed by atoms with van der Waals surface area (Å²) in [5.41, 5.74) is 1.01. The highest BCUT2D eigenvalue weighted by Crippen LogP contribution is 2.34. The maximum Gasteiger partial charge on any atom is 0.224 e. The van der Waals surface area contributed by atoms with Crippen LogP contribution in [0.2, 0.25) is 0 Å². The topological polar surface area (TPSA) is 49.6 Å². The maximum absolute atomic E-state index is 12.4. The van der Waals surface area contributed by atoms with E-state index in [1.165, 1.54) is 0 Å². The molecule has 22 heavy (non-hydrogen) atoms. The Kier molecular flexibility index (Phi) is 3.50. The number of furan rings is 1. The number of amides is 1. The Labute approximate surface area is 133 Å². The van der Waals surface area contributed by atoms with Gasteiger partial charge in [0.15, 0.2) is 0 Å². The number of thiazole rings is 1. The summed E-state index contributed by atoms with van der Waals surface area (Å²) in [5.74, 6) is 1.23. The van der Waals surface area contributed by atoms with Crippen molar-refractivity contribution in [3.63, 3.8) is 0 Å². The van der Waals surface area contributed by atoms with Crippen LogP contribution < -0.4 is 0 Å². The van der Waals surface area contributed by atoms with E-state index in [1.54, 1.807) is 17.6 Å². The minimum absolute atomic E-state index is 0.254. The number of hydrogen-bond donors (Lipinski definition) is 0. The molecule has 0 unspecified atom stereocenters. The van der Waals surface area contributed by atoms with Crippen molar-refractivity contribution >= 4 is 17.2 Å². The standard InChI is InChI=1S/C16H19N3O2S/c1-11-17-12(10-22-11)8-19-14-4-5-18(15(14)7-16(19)20)9-13-3-2-6-21-13/h2-3,6,10,14-15H,4-5,7-9H2,1H3/t14-,15+/m0/s1. The van der Waals surface area contributed by atoms with Crippen LogP contribution in [0.1, 0.15) is 29.3 Å². The normalized spacial score (nSPS) is 25.1. The van der Waals surface area contributed by atoms with E-state index >= 15 is 0 Å².